The molecule has 1 N–H and O–H groups in total. The molecule has 0 spiro atoms. The number of ether oxygens (including phenoxy) is 1. The molecule has 0 unspecified atom stereocenters. The summed E-state index contributed by atoms with van der Waals surface area (Å²) in [6, 6.07) is 2.66. The van der Waals surface area contributed by atoms with Crippen molar-refractivity contribution >= 4 is 21.9 Å². The standard InChI is InChI=1S/C7H6BrNO3/c1-12-7(11)4-2-3-5(10)9-6(4)8/h2-3H,1H3,(H,9,10). The summed E-state index contributed by atoms with van der Waals surface area (Å²) < 4.78 is 4.80. The van der Waals surface area contributed by atoms with Crippen molar-refractivity contribution in [1.82, 2.24) is 4.98 Å². The second-order valence-electron chi connectivity index (χ2n) is 2.04. The maximum Gasteiger partial charge on any atom is 0.340 e. The van der Waals surface area contributed by atoms with E-state index < -0.39 is 5.97 Å². The fourth-order valence-electron chi connectivity index (χ4n) is 0.717. The quantitative estimate of drug-likeness (QED) is 0.578. The Hall–Kier alpha value is -1.10. The predicted molar refractivity (Wildman–Crippen MR) is 46.1 cm³/mol. The summed E-state index contributed by atoms with van der Waals surface area (Å²) in [5.41, 5.74) is 0.0339. The summed E-state index contributed by atoms with van der Waals surface area (Å²) in [7, 11) is 1.28. The van der Waals surface area contributed by atoms with Gasteiger partial charge in [0.25, 0.3) is 0 Å². The van der Waals surface area contributed by atoms with E-state index in [0.29, 0.717) is 10.2 Å². The van der Waals surface area contributed by atoms with Crippen LogP contribution in [0.5, 0.6) is 0 Å². The Kier molecular flexibility index (Phi) is 2.65. The van der Waals surface area contributed by atoms with Crippen LogP contribution in [0.15, 0.2) is 21.5 Å². The SMILES string of the molecule is COC(=O)c1ccc(=O)[nH]c1Br. The third kappa shape index (κ3) is 1.73. The number of esters is 1. The van der Waals surface area contributed by atoms with Crippen molar-refractivity contribution in [2.24, 2.45) is 0 Å². The van der Waals surface area contributed by atoms with Gasteiger partial charge in [-0.05, 0) is 22.0 Å². The van der Waals surface area contributed by atoms with Crippen molar-refractivity contribution in [2.75, 3.05) is 7.11 Å². The van der Waals surface area contributed by atoms with Gasteiger partial charge >= 0.3 is 5.97 Å². The van der Waals surface area contributed by atoms with Gasteiger partial charge in [-0.2, -0.15) is 0 Å². The second-order valence-corrected chi connectivity index (χ2v) is 2.83. The van der Waals surface area contributed by atoms with Crippen LogP contribution < -0.4 is 5.56 Å². The molecule has 0 radical (unpaired) electrons. The van der Waals surface area contributed by atoms with E-state index in [1.807, 2.05) is 0 Å². The molecule has 1 aromatic rings. The molecule has 12 heavy (non-hydrogen) atoms. The van der Waals surface area contributed by atoms with Crippen molar-refractivity contribution in [1.29, 1.82) is 0 Å². The van der Waals surface area contributed by atoms with E-state index in [1.165, 1.54) is 19.2 Å². The van der Waals surface area contributed by atoms with Gasteiger partial charge in [0.2, 0.25) is 5.56 Å². The summed E-state index contributed by atoms with van der Waals surface area (Å²) in [6.45, 7) is 0. The van der Waals surface area contributed by atoms with Crippen LogP contribution in [-0.4, -0.2) is 18.1 Å². The van der Waals surface area contributed by atoms with Crippen molar-refractivity contribution < 1.29 is 9.53 Å². The molecular formula is C7H6BrNO3. The van der Waals surface area contributed by atoms with Crippen molar-refractivity contribution in [3.63, 3.8) is 0 Å². The number of rotatable bonds is 1. The first kappa shape index (κ1) is 8.99. The number of H-pyrrole nitrogens is 1. The molecule has 0 bridgehead atoms. The molecule has 4 nitrogen and oxygen atoms in total. The maximum atomic E-state index is 11.0. The number of aromatic amines is 1. The molecule has 0 fully saturated rings. The number of hydrogen-bond donors (Lipinski definition) is 1. The molecule has 0 aliphatic rings. The van der Waals surface area contributed by atoms with Crippen molar-refractivity contribution in [2.45, 2.75) is 0 Å². The Morgan fingerprint density at radius 3 is 2.75 bits per heavy atom. The summed E-state index contributed by atoms with van der Waals surface area (Å²) >= 11 is 3.03. The zero-order valence-corrected chi connectivity index (χ0v) is 7.84. The van der Waals surface area contributed by atoms with Gasteiger partial charge < -0.3 is 9.72 Å². The fraction of sp³-hybridized carbons (Fsp3) is 0.143. The van der Waals surface area contributed by atoms with Gasteiger partial charge in [-0.25, -0.2) is 4.79 Å². The number of halogens is 1. The zero-order chi connectivity index (χ0) is 9.14. The van der Waals surface area contributed by atoms with Crippen LogP contribution in [0.25, 0.3) is 0 Å². The monoisotopic (exact) mass is 231 g/mol. The Balaban J connectivity index is 3.18. The third-order valence-corrected chi connectivity index (χ3v) is 1.90. The molecule has 1 rings (SSSR count). The molecule has 0 atom stereocenters. The lowest BCUT2D eigenvalue weighted by molar-refractivity contribution is 0.0599. The van der Waals surface area contributed by atoms with Crippen LogP contribution in [0.4, 0.5) is 0 Å². The number of nitrogens with one attached hydrogen (secondary N) is 1. The van der Waals surface area contributed by atoms with Gasteiger partial charge in [-0.15, -0.1) is 0 Å². The Morgan fingerprint density at radius 2 is 2.25 bits per heavy atom. The van der Waals surface area contributed by atoms with Crippen molar-refractivity contribution in [3.05, 3.63) is 32.7 Å². The van der Waals surface area contributed by atoms with Gasteiger partial charge in [0.05, 0.1) is 17.3 Å². The molecule has 0 saturated carbocycles. The molecule has 0 aromatic carbocycles. The Bertz CT molecular complexity index is 358. The van der Waals surface area contributed by atoms with E-state index in [0.717, 1.165) is 0 Å². The first-order valence-electron chi connectivity index (χ1n) is 3.12. The van der Waals surface area contributed by atoms with Gasteiger partial charge in [0.15, 0.2) is 0 Å². The van der Waals surface area contributed by atoms with Gasteiger partial charge in [-0.1, -0.05) is 0 Å². The lowest BCUT2D eigenvalue weighted by Crippen LogP contribution is -2.10. The molecule has 0 saturated heterocycles. The van der Waals surface area contributed by atoms with E-state index in [1.54, 1.807) is 0 Å². The van der Waals surface area contributed by atoms with E-state index in [2.05, 4.69) is 25.7 Å². The largest absolute Gasteiger partial charge is 0.465 e. The molecule has 0 aliphatic carbocycles. The number of pyridine rings is 1. The number of aromatic nitrogens is 1. The number of hydrogen-bond acceptors (Lipinski definition) is 3. The third-order valence-electron chi connectivity index (χ3n) is 1.28. The zero-order valence-electron chi connectivity index (χ0n) is 6.26. The van der Waals surface area contributed by atoms with Crippen LogP contribution in [-0.2, 0) is 4.74 Å². The van der Waals surface area contributed by atoms with E-state index in [-0.39, 0.29) is 5.56 Å². The minimum Gasteiger partial charge on any atom is -0.465 e. The highest BCUT2D eigenvalue weighted by molar-refractivity contribution is 9.10. The highest BCUT2D eigenvalue weighted by Gasteiger charge is 2.09. The number of carbonyl (C=O) groups excluding carboxylic acids is 1. The molecule has 0 aliphatic heterocycles. The van der Waals surface area contributed by atoms with Crippen LogP contribution in [0.1, 0.15) is 10.4 Å². The van der Waals surface area contributed by atoms with Crippen LogP contribution in [0, 0.1) is 0 Å². The summed E-state index contributed by atoms with van der Waals surface area (Å²) in [4.78, 5) is 24.1. The number of methoxy groups -OCH3 is 1. The molecular weight excluding hydrogens is 226 g/mol. The van der Waals surface area contributed by atoms with E-state index >= 15 is 0 Å². The minimum absolute atomic E-state index is 0.269. The highest BCUT2D eigenvalue weighted by atomic mass is 79.9. The highest BCUT2D eigenvalue weighted by Crippen LogP contribution is 2.11. The van der Waals surface area contributed by atoms with Gasteiger partial charge in [0, 0.05) is 6.07 Å². The van der Waals surface area contributed by atoms with E-state index in [4.69, 9.17) is 0 Å². The Morgan fingerprint density at radius 1 is 1.58 bits per heavy atom. The Labute approximate surface area is 76.7 Å². The minimum atomic E-state index is -0.488. The van der Waals surface area contributed by atoms with Crippen LogP contribution in [0.2, 0.25) is 0 Å². The first-order valence-corrected chi connectivity index (χ1v) is 3.91. The fourth-order valence-corrected chi connectivity index (χ4v) is 1.21. The van der Waals surface area contributed by atoms with Gasteiger partial charge in [0.1, 0.15) is 0 Å². The lowest BCUT2D eigenvalue weighted by atomic mass is 10.3. The van der Waals surface area contributed by atoms with Crippen LogP contribution >= 0.6 is 15.9 Å². The maximum absolute atomic E-state index is 11.0. The summed E-state index contributed by atoms with van der Waals surface area (Å²) in [6.07, 6.45) is 0. The topological polar surface area (TPSA) is 59.2 Å². The van der Waals surface area contributed by atoms with E-state index in [9.17, 15) is 9.59 Å². The first-order chi connectivity index (χ1) is 5.65. The van der Waals surface area contributed by atoms with Crippen LogP contribution in [0.3, 0.4) is 0 Å². The average Bonchev–Trinajstić information content (AvgIpc) is 2.03. The molecule has 5 heteroatoms. The molecule has 64 valence electrons. The molecule has 0 amide bonds. The average molecular weight is 232 g/mol. The molecule has 1 heterocycles. The van der Waals surface area contributed by atoms with Crippen molar-refractivity contribution in [3.8, 4) is 0 Å². The number of carbonyl (C=O) groups is 1. The lowest BCUT2D eigenvalue weighted by Gasteiger charge is -1.99. The van der Waals surface area contributed by atoms with Gasteiger partial charge in [-0.3, -0.25) is 4.79 Å². The molecule has 1 aromatic heterocycles. The summed E-state index contributed by atoms with van der Waals surface area (Å²) in [5.74, 6) is -0.488. The second kappa shape index (κ2) is 3.53. The smallest absolute Gasteiger partial charge is 0.340 e. The normalized spacial score (nSPS) is 9.50. The predicted octanol–water partition coefficient (Wildman–Crippen LogP) is 0.924. The summed E-state index contributed by atoms with van der Waals surface area (Å²) in [5, 5.41) is 0.